The van der Waals surface area contributed by atoms with Crippen molar-refractivity contribution in [1.82, 2.24) is 15.2 Å². The third-order valence-corrected chi connectivity index (χ3v) is 4.90. The van der Waals surface area contributed by atoms with E-state index < -0.39 is 0 Å². The van der Waals surface area contributed by atoms with Crippen molar-refractivity contribution in [3.05, 3.63) is 29.1 Å². The van der Waals surface area contributed by atoms with Crippen LogP contribution in [0.2, 0.25) is 0 Å². The lowest BCUT2D eigenvalue weighted by molar-refractivity contribution is 0.0710. The number of amides is 1. The van der Waals surface area contributed by atoms with Gasteiger partial charge in [-0.2, -0.15) is 0 Å². The molecule has 19 heavy (non-hydrogen) atoms. The van der Waals surface area contributed by atoms with Crippen LogP contribution in [0.1, 0.15) is 47.3 Å². The van der Waals surface area contributed by atoms with Crippen molar-refractivity contribution in [2.45, 2.75) is 44.2 Å². The smallest absolute Gasteiger partial charge is 0.273 e. The maximum absolute atomic E-state index is 12.8. The molecule has 3 aliphatic rings. The number of carbonyl (C=O) groups excluding carboxylic acids is 1. The Labute approximate surface area is 113 Å². The van der Waals surface area contributed by atoms with Gasteiger partial charge in [0.05, 0.1) is 0 Å². The fourth-order valence-electron chi connectivity index (χ4n) is 3.63. The molecule has 0 aromatic carbocycles. The molecule has 0 unspecified atom stereocenters. The summed E-state index contributed by atoms with van der Waals surface area (Å²) in [5, 5.41) is 3.35. The number of likely N-dealkylation sites (tertiary alicyclic amines) is 1. The topological polar surface area (TPSA) is 45.2 Å². The average Bonchev–Trinajstić information content (AvgIpc) is 3.09. The second kappa shape index (κ2) is 4.04. The lowest BCUT2D eigenvalue weighted by Crippen LogP contribution is -2.39. The minimum Gasteiger partial charge on any atom is -0.332 e. The minimum absolute atomic E-state index is 0.163. The highest BCUT2D eigenvalue weighted by Gasteiger charge is 2.53. The Balaban J connectivity index is 1.70. The summed E-state index contributed by atoms with van der Waals surface area (Å²) < 4.78 is 0. The third kappa shape index (κ3) is 1.70. The van der Waals surface area contributed by atoms with Gasteiger partial charge in [0.15, 0.2) is 0 Å². The number of nitrogens with one attached hydrogen (secondary N) is 1. The zero-order valence-corrected chi connectivity index (χ0v) is 11.1. The SMILES string of the molecule is O=C(c1nccc2c1CNCC2)N1CCCC12CC2. The predicted octanol–water partition coefficient (Wildman–Crippen LogP) is 1.50. The van der Waals surface area contributed by atoms with E-state index in [-0.39, 0.29) is 11.4 Å². The largest absolute Gasteiger partial charge is 0.332 e. The molecule has 4 nitrogen and oxygen atoms in total. The minimum atomic E-state index is 0.163. The van der Waals surface area contributed by atoms with Gasteiger partial charge in [0.25, 0.3) is 5.91 Å². The molecule has 4 rings (SSSR count). The normalized spacial score (nSPS) is 23.5. The quantitative estimate of drug-likeness (QED) is 0.829. The van der Waals surface area contributed by atoms with Gasteiger partial charge in [-0.1, -0.05) is 0 Å². The monoisotopic (exact) mass is 257 g/mol. The van der Waals surface area contributed by atoms with Crippen LogP contribution in [0.25, 0.3) is 0 Å². The van der Waals surface area contributed by atoms with Crippen LogP contribution in [-0.4, -0.2) is 34.4 Å². The van der Waals surface area contributed by atoms with Crippen molar-refractivity contribution >= 4 is 5.91 Å². The Kier molecular flexibility index (Phi) is 2.42. The van der Waals surface area contributed by atoms with E-state index >= 15 is 0 Å². The zero-order valence-electron chi connectivity index (χ0n) is 11.1. The van der Waals surface area contributed by atoms with E-state index in [9.17, 15) is 4.79 Å². The predicted molar refractivity (Wildman–Crippen MR) is 71.9 cm³/mol. The van der Waals surface area contributed by atoms with Crippen LogP contribution in [-0.2, 0) is 13.0 Å². The summed E-state index contributed by atoms with van der Waals surface area (Å²) in [6.07, 6.45) is 7.51. The molecule has 0 bridgehead atoms. The fourth-order valence-corrected chi connectivity index (χ4v) is 3.63. The Morgan fingerprint density at radius 1 is 1.37 bits per heavy atom. The van der Waals surface area contributed by atoms with Crippen molar-refractivity contribution in [3.63, 3.8) is 0 Å². The molecule has 1 saturated heterocycles. The Morgan fingerprint density at radius 3 is 3.11 bits per heavy atom. The fraction of sp³-hybridized carbons (Fsp3) is 0.600. The summed E-state index contributed by atoms with van der Waals surface area (Å²) >= 11 is 0. The molecular formula is C15H19N3O. The molecule has 4 heteroatoms. The van der Waals surface area contributed by atoms with Crippen LogP contribution >= 0.6 is 0 Å². The average molecular weight is 257 g/mol. The lowest BCUT2D eigenvalue weighted by atomic mass is 9.99. The standard InChI is InChI=1S/C15H19N3O/c19-14(18-9-1-4-15(18)5-6-15)13-12-10-16-7-2-11(12)3-8-17-13/h3,8,16H,1-2,4-7,9-10H2. The molecule has 0 atom stereocenters. The summed E-state index contributed by atoms with van der Waals surface area (Å²) in [5.41, 5.74) is 3.32. The molecular weight excluding hydrogens is 238 g/mol. The number of rotatable bonds is 1. The van der Waals surface area contributed by atoms with E-state index in [0.29, 0.717) is 5.69 Å². The zero-order chi connectivity index (χ0) is 12.9. The van der Waals surface area contributed by atoms with Crippen LogP contribution < -0.4 is 5.32 Å². The van der Waals surface area contributed by atoms with E-state index in [1.165, 1.54) is 24.8 Å². The van der Waals surface area contributed by atoms with Gasteiger partial charge in [-0.05, 0) is 50.3 Å². The highest BCUT2D eigenvalue weighted by Crippen LogP contribution is 2.50. The number of hydrogen-bond acceptors (Lipinski definition) is 3. The molecule has 1 aromatic heterocycles. The van der Waals surface area contributed by atoms with Gasteiger partial charge in [0.2, 0.25) is 0 Å². The summed E-state index contributed by atoms with van der Waals surface area (Å²) in [6.45, 7) is 2.70. The van der Waals surface area contributed by atoms with Gasteiger partial charge in [-0.25, -0.2) is 0 Å². The molecule has 1 spiro atoms. The number of aromatic nitrogens is 1. The van der Waals surface area contributed by atoms with Crippen molar-refractivity contribution < 1.29 is 4.79 Å². The van der Waals surface area contributed by atoms with Crippen molar-refractivity contribution in [1.29, 1.82) is 0 Å². The van der Waals surface area contributed by atoms with Crippen LogP contribution in [0.5, 0.6) is 0 Å². The number of fused-ring (bicyclic) bond motifs is 1. The van der Waals surface area contributed by atoms with Crippen molar-refractivity contribution in [3.8, 4) is 0 Å². The molecule has 1 N–H and O–H groups in total. The molecule has 1 aliphatic carbocycles. The van der Waals surface area contributed by atoms with Gasteiger partial charge in [0, 0.05) is 30.4 Å². The molecule has 100 valence electrons. The Bertz CT molecular complexity index is 536. The number of carbonyl (C=O) groups is 1. The van der Waals surface area contributed by atoms with E-state index in [4.69, 9.17) is 0 Å². The first-order valence-corrected chi connectivity index (χ1v) is 7.30. The first-order chi connectivity index (χ1) is 9.30. The first kappa shape index (κ1) is 11.4. The van der Waals surface area contributed by atoms with Crippen LogP contribution in [0.4, 0.5) is 0 Å². The van der Waals surface area contributed by atoms with Crippen molar-refractivity contribution in [2.24, 2.45) is 0 Å². The van der Waals surface area contributed by atoms with E-state index in [0.717, 1.165) is 38.0 Å². The molecule has 1 saturated carbocycles. The van der Waals surface area contributed by atoms with E-state index in [1.54, 1.807) is 6.20 Å². The van der Waals surface area contributed by atoms with Gasteiger partial charge in [-0.3, -0.25) is 9.78 Å². The Hall–Kier alpha value is -1.42. The van der Waals surface area contributed by atoms with Gasteiger partial charge < -0.3 is 10.2 Å². The molecule has 3 heterocycles. The summed E-state index contributed by atoms with van der Waals surface area (Å²) in [4.78, 5) is 19.3. The number of nitrogens with zero attached hydrogens (tertiary/aromatic N) is 2. The highest BCUT2D eigenvalue weighted by molar-refractivity contribution is 5.95. The van der Waals surface area contributed by atoms with Crippen molar-refractivity contribution in [2.75, 3.05) is 13.1 Å². The van der Waals surface area contributed by atoms with E-state index in [1.807, 2.05) is 0 Å². The van der Waals surface area contributed by atoms with Gasteiger partial charge in [-0.15, -0.1) is 0 Å². The summed E-state index contributed by atoms with van der Waals surface area (Å²) in [7, 11) is 0. The third-order valence-electron chi connectivity index (χ3n) is 4.90. The summed E-state index contributed by atoms with van der Waals surface area (Å²) in [6, 6.07) is 2.06. The maximum atomic E-state index is 12.8. The first-order valence-electron chi connectivity index (χ1n) is 7.30. The molecule has 2 aliphatic heterocycles. The van der Waals surface area contributed by atoms with Crippen LogP contribution in [0.15, 0.2) is 12.3 Å². The summed E-state index contributed by atoms with van der Waals surface area (Å²) in [5.74, 6) is 0.163. The molecule has 1 aromatic rings. The maximum Gasteiger partial charge on any atom is 0.273 e. The highest BCUT2D eigenvalue weighted by atomic mass is 16.2. The lowest BCUT2D eigenvalue weighted by Gasteiger charge is -2.26. The molecule has 2 fully saturated rings. The van der Waals surface area contributed by atoms with Crippen LogP contribution in [0, 0.1) is 0 Å². The van der Waals surface area contributed by atoms with Gasteiger partial charge in [0.1, 0.15) is 5.69 Å². The number of hydrogen-bond donors (Lipinski definition) is 1. The second-order valence-electron chi connectivity index (χ2n) is 6.01. The van der Waals surface area contributed by atoms with Gasteiger partial charge >= 0.3 is 0 Å². The Morgan fingerprint density at radius 2 is 2.26 bits per heavy atom. The molecule has 1 amide bonds. The van der Waals surface area contributed by atoms with Crippen LogP contribution in [0.3, 0.4) is 0 Å². The second-order valence-corrected chi connectivity index (χ2v) is 6.01. The number of pyridine rings is 1. The molecule has 0 radical (unpaired) electrons. The van der Waals surface area contributed by atoms with E-state index in [2.05, 4.69) is 21.3 Å².